The number of nitrogens with zero attached hydrogens (tertiary/aromatic N) is 2. The molecular formula is C16H20N4O2. The molecule has 0 aliphatic rings. The molecule has 0 radical (unpaired) electrons. The lowest BCUT2D eigenvalue weighted by molar-refractivity contribution is 0.102. The van der Waals surface area contributed by atoms with Gasteiger partial charge in [-0.25, -0.2) is 5.10 Å². The van der Waals surface area contributed by atoms with E-state index in [1.54, 1.807) is 0 Å². The minimum absolute atomic E-state index is 0.175. The predicted octanol–water partition coefficient (Wildman–Crippen LogP) is 1.86. The summed E-state index contributed by atoms with van der Waals surface area (Å²) in [6, 6.07) is 10.4. The van der Waals surface area contributed by atoms with Crippen LogP contribution >= 0.6 is 0 Å². The first-order valence-corrected chi connectivity index (χ1v) is 7.30. The summed E-state index contributed by atoms with van der Waals surface area (Å²) in [5.41, 5.74) is 1.69. The number of anilines is 1. The number of carbonyl (C=O) groups is 1. The third-order valence-electron chi connectivity index (χ3n) is 3.40. The third-order valence-corrected chi connectivity index (χ3v) is 3.40. The molecule has 0 atom stereocenters. The van der Waals surface area contributed by atoms with Gasteiger partial charge in [0.2, 0.25) is 0 Å². The second kappa shape index (κ2) is 7.51. The zero-order chi connectivity index (χ0) is 15.9. The zero-order valence-electron chi connectivity index (χ0n) is 12.8. The van der Waals surface area contributed by atoms with Gasteiger partial charge in [0.25, 0.3) is 11.5 Å². The number of aromatic nitrogens is 2. The van der Waals surface area contributed by atoms with Crippen LogP contribution in [0.5, 0.6) is 0 Å². The quantitative estimate of drug-likeness (QED) is 0.853. The van der Waals surface area contributed by atoms with Crippen LogP contribution in [0.2, 0.25) is 0 Å². The van der Waals surface area contributed by atoms with Gasteiger partial charge in [-0.3, -0.25) is 14.5 Å². The standard InChI is InChI=1S/C16H20N4O2/c1-3-20(4-2)11-12-6-5-7-13(10-12)17-16(22)14-8-9-15(21)19-18-14/h5-10H,3-4,11H2,1-2H3,(H,17,22)(H,19,21). The van der Waals surface area contributed by atoms with Crippen LogP contribution in [0.25, 0.3) is 0 Å². The summed E-state index contributed by atoms with van der Waals surface area (Å²) < 4.78 is 0. The van der Waals surface area contributed by atoms with Gasteiger partial charge in [-0.2, -0.15) is 5.10 Å². The predicted molar refractivity (Wildman–Crippen MR) is 85.9 cm³/mol. The van der Waals surface area contributed by atoms with Gasteiger partial charge in [-0.1, -0.05) is 26.0 Å². The van der Waals surface area contributed by atoms with Gasteiger partial charge in [-0.15, -0.1) is 0 Å². The molecule has 1 heterocycles. The molecule has 22 heavy (non-hydrogen) atoms. The molecule has 116 valence electrons. The number of H-pyrrole nitrogens is 1. The molecule has 1 aromatic heterocycles. The lowest BCUT2D eigenvalue weighted by Crippen LogP contribution is -2.22. The van der Waals surface area contributed by atoms with E-state index in [0.717, 1.165) is 25.2 Å². The zero-order valence-corrected chi connectivity index (χ0v) is 12.8. The first-order chi connectivity index (χ1) is 10.6. The SMILES string of the molecule is CCN(CC)Cc1cccc(NC(=O)c2ccc(=O)[nH]n2)c1. The fraction of sp³-hybridized carbons (Fsp3) is 0.312. The lowest BCUT2D eigenvalue weighted by atomic mass is 10.2. The topological polar surface area (TPSA) is 78.1 Å². The van der Waals surface area contributed by atoms with Crippen LogP contribution in [-0.2, 0) is 6.54 Å². The minimum Gasteiger partial charge on any atom is -0.321 e. The fourth-order valence-corrected chi connectivity index (χ4v) is 2.12. The fourth-order valence-electron chi connectivity index (χ4n) is 2.12. The molecule has 1 amide bonds. The molecule has 2 aromatic rings. The maximum atomic E-state index is 12.1. The van der Waals surface area contributed by atoms with E-state index in [9.17, 15) is 9.59 Å². The molecule has 0 fully saturated rings. The highest BCUT2D eigenvalue weighted by Crippen LogP contribution is 2.13. The highest BCUT2D eigenvalue weighted by molar-refractivity contribution is 6.02. The largest absolute Gasteiger partial charge is 0.321 e. The number of hydrogen-bond acceptors (Lipinski definition) is 4. The summed E-state index contributed by atoms with van der Waals surface area (Å²) in [6.07, 6.45) is 0. The van der Waals surface area contributed by atoms with E-state index < -0.39 is 0 Å². The minimum atomic E-state index is -0.351. The number of carbonyl (C=O) groups excluding carboxylic acids is 1. The summed E-state index contributed by atoms with van der Waals surface area (Å²) in [4.78, 5) is 25.3. The molecule has 0 saturated carbocycles. The van der Waals surface area contributed by atoms with Crippen molar-refractivity contribution in [1.29, 1.82) is 0 Å². The number of benzene rings is 1. The summed E-state index contributed by atoms with van der Waals surface area (Å²) in [7, 11) is 0. The van der Waals surface area contributed by atoms with Crippen molar-refractivity contribution in [2.75, 3.05) is 18.4 Å². The summed E-state index contributed by atoms with van der Waals surface area (Å²) in [5.74, 6) is -0.351. The van der Waals surface area contributed by atoms with Crippen LogP contribution in [0.1, 0.15) is 29.9 Å². The molecule has 0 unspecified atom stereocenters. The Morgan fingerprint density at radius 3 is 2.64 bits per heavy atom. The monoisotopic (exact) mass is 300 g/mol. The molecule has 6 nitrogen and oxygen atoms in total. The highest BCUT2D eigenvalue weighted by Gasteiger charge is 2.08. The maximum Gasteiger partial charge on any atom is 0.276 e. The van der Waals surface area contributed by atoms with Gasteiger partial charge in [0.05, 0.1) is 0 Å². The summed E-state index contributed by atoms with van der Waals surface area (Å²) in [6.45, 7) is 7.05. The molecule has 0 saturated heterocycles. The molecule has 0 bridgehead atoms. The number of amides is 1. The van der Waals surface area contributed by atoms with Crippen LogP contribution < -0.4 is 10.9 Å². The Labute approximate surface area is 129 Å². The number of hydrogen-bond donors (Lipinski definition) is 2. The number of rotatable bonds is 6. The van der Waals surface area contributed by atoms with E-state index in [2.05, 4.69) is 34.3 Å². The van der Waals surface area contributed by atoms with Crippen LogP contribution in [0, 0.1) is 0 Å². The molecular weight excluding hydrogens is 280 g/mol. The molecule has 0 aliphatic heterocycles. The van der Waals surface area contributed by atoms with Crippen molar-refractivity contribution in [1.82, 2.24) is 15.1 Å². The van der Waals surface area contributed by atoms with Crippen LogP contribution in [0.3, 0.4) is 0 Å². The van der Waals surface area contributed by atoms with Gasteiger partial charge < -0.3 is 5.32 Å². The van der Waals surface area contributed by atoms with Crippen molar-refractivity contribution in [3.05, 3.63) is 58.0 Å². The Balaban J connectivity index is 2.08. The van der Waals surface area contributed by atoms with E-state index in [-0.39, 0.29) is 17.2 Å². The third kappa shape index (κ3) is 4.26. The molecule has 0 spiro atoms. The lowest BCUT2D eigenvalue weighted by Gasteiger charge is -2.18. The average molecular weight is 300 g/mol. The van der Waals surface area contributed by atoms with E-state index in [4.69, 9.17) is 0 Å². The van der Waals surface area contributed by atoms with Gasteiger partial charge in [0.1, 0.15) is 5.69 Å². The van der Waals surface area contributed by atoms with Crippen LogP contribution in [0.4, 0.5) is 5.69 Å². The molecule has 0 aliphatic carbocycles. The first kappa shape index (κ1) is 15.9. The van der Waals surface area contributed by atoms with Gasteiger partial charge in [-0.05, 0) is 36.9 Å². The van der Waals surface area contributed by atoms with Gasteiger partial charge >= 0.3 is 0 Å². The Hall–Kier alpha value is -2.47. The van der Waals surface area contributed by atoms with Crippen molar-refractivity contribution >= 4 is 11.6 Å². The normalized spacial score (nSPS) is 10.7. The second-order valence-electron chi connectivity index (χ2n) is 4.92. The Morgan fingerprint density at radius 2 is 2.00 bits per heavy atom. The van der Waals surface area contributed by atoms with Crippen molar-refractivity contribution in [3.8, 4) is 0 Å². The highest BCUT2D eigenvalue weighted by atomic mass is 16.2. The molecule has 2 N–H and O–H groups in total. The van der Waals surface area contributed by atoms with Crippen LogP contribution in [-0.4, -0.2) is 34.1 Å². The van der Waals surface area contributed by atoms with E-state index in [0.29, 0.717) is 5.69 Å². The summed E-state index contributed by atoms with van der Waals surface area (Å²) in [5, 5.41) is 8.75. The van der Waals surface area contributed by atoms with Gasteiger partial charge in [0.15, 0.2) is 0 Å². The van der Waals surface area contributed by atoms with Gasteiger partial charge in [0, 0.05) is 18.3 Å². The van der Waals surface area contributed by atoms with Crippen LogP contribution in [0.15, 0.2) is 41.2 Å². The maximum absolute atomic E-state index is 12.1. The number of nitrogens with one attached hydrogen (secondary N) is 2. The smallest absolute Gasteiger partial charge is 0.276 e. The summed E-state index contributed by atoms with van der Waals surface area (Å²) >= 11 is 0. The average Bonchev–Trinajstić information content (AvgIpc) is 2.53. The van der Waals surface area contributed by atoms with Crippen molar-refractivity contribution < 1.29 is 4.79 Å². The number of aromatic amines is 1. The van der Waals surface area contributed by atoms with Crippen molar-refractivity contribution in [2.45, 2.75) is 20.4 Å². The molecule has 6 heteroatoms. The van der Waals surface area contributed by atoms with E-state index in [1.165, 1.54) is 12.1 Å². The van der Waals surface area contributed by atoms with E-state index in [1.807, 2.05) is 24.3 Å². The first-order valence-electron chi connectivity index (χ1n) is 7.30. The Bertz CT molecular complexity index is 672. The second-order valence-corrected chi connectivity index (χ2v) is 4.92. The molecule has 2 rings (SSSR count). The van der Waals surface area contributed by atoms with Crippen molar-refractivity contribution in [3.63, 3.8) is 0 Å². The van der Waals surface area contributed by atoms with E-state index >= 15 is 0 Å². The molecule has 1 aromatic carbocycles. The van der Waals surface area contributed by atoms with Crippen molar-refractivity contribution in [2.24, 2.45) is 0 Å². The Morgan fingerprint density at radius 1 is 1.23 bits per heavy atom. The Kier molecular flexibility index (Phi) is 5.43.